The van der Waals surface area contributed by atoms with Crippen molar-refractivity contribution in [2.75, 3.05) is 0 Å². The highest BCUT2D eigenvalue weighted by Crippen LogP contribution is 2.58. The molecule has 128 valence electrons. The van der Waals surface area contributed by atoms with Crippen LogP contribution in [0.3, 0.4) is 0 Å². The molecule has 0 aliphatic heterocycles. The van der Waals surface area contributed by atoms with Crippen LogP contribution in [0.1, 0.15) is 13.8 Å². The summed E-state index contributed by atoms with van der Waals surface area (Å²) in [5.41, 5.74) is -4.04. The SMILES string of the molecule is CC(C)(OP(=O)(O)O)C(F)(F)C(F)(F)C(F)(F)C(F)(F)F. The quantitative estimate of drug-likeness (QED) is 0.584. The number of alkyl halides is 9. The molecule has 0 atom stereocenters. The number of hydrogen-bond donors (Lipinski definition) is 2. The van der Waals surface area contributed by atoms with Gasteiger partial charge in [-0.3, -0.25) is 4.52 Å². The van der Waals surface area contributed by atoms with E-state index >= 15 is 0 Å². The smallest absolute Gasteiger partial charge is 0.303 e. The molecule has 0 aromatic rings. The summed E-state index contributed by atoms with van der Waals surface area (Å²) >= 11 is 0. The van der Waals surface area contributed by atoms with Gasteiger partial charge in [-0.1, -0.05) is 0 Å². The first-order valence-corrected chi connectivity index (χ1v) is 6.20. The van der Waals surface area contributed by atoms with Crippen LogP contribution < -0.4 is 0 Å². The summed E-state index contributed by atoms with van der Waals surface area (Å²) < 4.78 is 127. The van der Waals surface area contributed by atoms with Crippen molar-refractivity contribution in [3.63, 3.8) is 0 Å². The molecule has 0 aliphatic rings. The predicted molar refractivity (Wildman–Crippen MR) is 48.1 cm³/mol. The van der Waals surface area contributed by atoms with E-state index in [1.165, 1.54) is 0 Å². The molecule has 0 saturated carbocycles. The van der Waals surface area contributed by atoms with Crippen molar-refractivity contribution in [3.8, 4) is 0 Å². The van der Waals surface area contributed by atoms with Crippen LogP contribution in [0.2, 0.25) is 0 Å². The van der Waals surface area contributed by atoms with Crippen molar-refractivity contribution < 1.29 is 58.4 Å². The standard InChI is InChI=1S/C7H8F9O4P/c1-3(2,20-21(17,18)19)4(8,9)5(10,11)6(12,13)7(14,15)16/h1-2H3,(H2,17,18,19). The number of phosphoric acid groups is 1. The fourth-order valence-corrected chi connectivity index (χ4v) is 1.82. The molecule has 0 amide bonds. The highest BCUT2D eigenvalue weighted by molar-refractivity contribution is 7.46. The molecule has 0 unspecified atom stereocenters. The van der Waals surface area contributed by atoms with Crippen LogP contribution in [-0.2, 0) is 9.09 Å². The fraction of sp³-hybridized carbons (Fsp3) is 1.00. The maximum Gasteiger partial charge on any atom is 0.470 e. The summed E-state index contributed by atoms with van der Waals surface area (Å²) in [6.45, 7) is -0.348. The van der Waals surface area contributed by atoms with Gasteiger partial charge < -0.3 is 9.79 Å². The second kappa shape index (κ2) is 5.00. The Hall–Kier alpha value is -0.520. The Morgan fingerprint density at radius 1 is 0.762 bits per heavy atom. The van der Waals surface area contributed by atoms with E-state index in [1.54, 1.807) is 0 Å². The van der Waals surface area contributed by atoms with E-state index in [-0.39, 0.29) is 13.8 Å². The number of halogens is 9. The van der Waals surface area contributed by atoms with E-state index in [2.05, 4.69) is 4.52 Å². The van der Waals surface area contributed by atoms with Crippen molar-refractivity contribution >= 4 is 7.82 Å². The maximum absolute atomic E-state index is 13.3. The van der Waals surface area contributed by atoms with Gasteiger partial charge in [0.15, 0.2) is 0 Å². The lowest BCUT2D eigenvalue weighted by Gasteiger charge is -2.41. The molecule has 0 spiro atoms. The van der Waals surface area contributed by atoms with Crippen LogP contribution >= 0.6 is 7.82 Å². The topological polar surface area (TPSA) is 66.8 Å². The first-order chi connectivity index (χ1) is 8.71. The van der Waals surface area contributed by atoms with E-state index in [1.807, 2.05) is 0 Å². The largest absolute Gasteiger partial charge is 0.470 e. The van der Waals surface area contributed by atoms with E-state index in [0.29, 0.717) is 0 Å². The number of hydrogen-bond acceptors (Lipinski definition) is 2. The Labute approximate surface area is 111 Å². The van der Waals surface area contributed by atoms with Crippen molar-refractivity contribution in [3.05, 3.63) is 0 Å². The zero-order chi connectivity index (χ0) is 17.7. The van der Waals surface area contributed by atoms with Gasteiger partial charge in [0.1, 0.15) is 5.60 Å². The van der Waals surface area contributed by atoms with Gasteiger partial charge in [-0.25, -0.2) is 4.57 Å². The molecule has 0 aliphatic carbocycles. The third-order valence-corrected chi connectivity index (χ3v) is 2.94. The minimum Gasteiger partial charge on any atom is -0.303 e. The lowest BCUT2D eigenvalue weighted by atomic mass is 9.90. The number of phosphoric ester groups is 1. The maximum atomic E-state index is 13.3. The van der Waals surface area contributed by atoms with Crippen LogP contribution in [0.4, 0.5) is 39.5 Å². The summed E-state index contributed by atoms with van der Waals surface area (Å²) in [6, 6.07) is 0. The van der Waals surface area contributed by atoms with E-state index in [0.717, 1.165) is 0 Å². The van der Waals surface area contributed by atoms with Gasteiger partial charge in [-0.05, 0) is 13.8 Å². The van der Waals surface area contributed by atoms with Gasteiger partial charge in [-0.2, -0.15) is 39.5 Å². The molecule has 0 rings (SSSR count). The molecule has 0 radical (unpaired) electrons. The molecule has 14 heteroatoms. The molecular formula is C7H8F9O4P. The summed E-state index contributed by atoms with van der Waals surface area (Å²) in [7, 11) is -5.89. The average Bonchev–Trinajstić information content (AvgIpc) is 2.10. The Morgan fingerprint density at radius 2 is 1.10 bits per heavy atom. The highest BCUT2D eigenvalue weighted by atomic mass is 31.2. The minimum absolute atomic E-state index is 0.174. The van der Waals surface area contributed by atoms with Crippen LogP contribution in [0.15, 0.2) is 0 Å². The number of rotatable bonds is 5. The molecule has 0 aromatic carbocycles. The first-order valence-electron chi connectivity index (χ1n) is 4.67. The van der Waals surface area contributed by atoms with E-state index in [9.17, 15) is 44.1 Å². The van der Waals surface area contributed by atoms with E-state index in [4.69, 9.17) is 9.79 Å². The Bertz CT molecular complexity index is 438. The van der Waals surface area contributed by atoms with Crippen LogP contribution in [-0.4, -0.2) is 39.3 Å². The molecule has 0 fully saturated rings. The van der Waals surface area contributed by atoms with Gasteiger partial charge in [-0.15, -0.1) is 0 Å². The molecule has 0 heterocycles. The lowest BCUT2D eigenvalue weighted by molar-refractivity contribution is -0.412. The molecule has 0 aromatic heterocycles. The normalized spacial score (nSPS) is 16.2. The predicted octanol–water partition coefficient (Wildman–Crippen LogP) is 3.34. The molecular weight excluding hydrogens is 350 g/mol. The zero-order valence-electron chi connectivity index (χ0n) is 10.1. The third kappa shape index (κ3) is 3.46. The van der Waals surface area contributed by atoms with E-state index < -0.39 is 37.4 Å². The zero-order valence-corrected chi connectivity index (χ0v) is 11.0. The molecule has 21 heavy (non-hydrogen) atoms. The van der Waals surface area contributed by atoms with Gasteiger partial charge >= 0.3 is 31.8 Å². The van der Waals surface area contributed by atoms with Gasteiger partial charge in [0.25, 0.3) is 0 Å². The van der Waals surface area contributed by atoms with Crippen LogP contribution in [0.25, 0.3) is 0 Å². The van der Waals surface area contributed by atoms with Gasteiger partial charge in [0, 0.05) is 0 Å². The van der Waals surface area contributed by atoms with Crippen molar-refractivity contribution in [1.29, 1.82) is 0 Å². The van der Waals surface area contributed by atoms with Crippen LogP contribution in [0, 0.1) is 0 Å². The van der Waals surface area contributed by atoms with Gasteiger partial charge in [0.05, 0.1) is 0 Å². The second-order valence-corrected chi connectivity index (χ2v) is 5.48. The lowest BCUT2D eigenvalue weighted by Crippen LogP contribution is -2.67. The average molecular weight is 358 g/mol. The van der Waals surface area contributed by atoms with Crippen molar-refractivity contribution in [1.82, 2.24) is 0 Å². The molecule has 4 nitrogen and oxygen atoms in total. The second-order valence-electron chi connectivity index (χ2n) is 4.31. The monoisotopic (exact) mass is 358 g/mol. The molecule has 2 N–H and O–H groups in total. The van der Waals surface area contributed by atoms with Gasteiger partial charge in [0.2, 0.25) is 0 Å². The van der Waals surface area contributed by atoms with Crippen molar-refractivity contribution in [2.24, 2.45) is 0 Å². The summed E-state index contributed by atoms with van der Waals surface area (Å²) in [5, 5.41) is 0. The third-order valence-electron chi connectivity index (χ3n) is 2.25. The summed E-state index contributed by atoms with van der Waals surface area (Å²) in [5.74, 6) is -20.5. The highest BCUT2D eigenvalue weighted by Gasteiger charge is 2.85. The fourth-order valence-electron chi connectivity index (χ4n) is 1.11. The minimum atomic E-state index is -7.17. The summed E-state index contributed by atoms with van der Waals surface area (Å²) in [6.07, 6.45) is -7.03. The first kappa shape index (κ1) is 20.5. The Morgan fingerprint density at radius 3 is 1.33 bits per heavy atom. The molecule has 0 bridgehead atoms. The van der Waals surface area contributed by atoms with Crippen LogP contribution in [0.5, 0.6) is 0 Å². The Balaban J connectivity index is 5.95. The Kier molecular flexibility index (Phi) is 4.88. The van der Waals surface area contributed by atoms with Crippen molar-refractivity contribution in [2.45, 2.75) is 43.4 Å². The molecule has 0 saturated heterocycles. The summed E-state index contributed by atoms with van der Waals surface area (Å²) in [4.78, 5) is 16.5.